The van der Waals surface area contributed by atoms with Gasteiger partial charge < -0.3 is 20.1 Å². The van der Waals surface area contributed by atoms with Crippen LogP contribution in [0.25, 0.3) is 0 Å². The number of aliphatic hydroxyl groups is 1. The molecule has 1 aliphatic rings. The zero-order valence-electron chi connectivity index (χ0n) is 11.8. The van der Waals surface area contributed by atoms with Gasteiger partial charge in [-0.25, -0.2) is 0 Å². The smallest absolute Gasteiger partial charge is 0.225 e. The third kappa shape index (κ3) is 3.95. The van der Waals surface area contributed by atoms with Gasteiger partial charge in [0.1, 0.15) is 5.75 Å². The third-order valence-corrected chi connectivity index (χ3v) is 3.66. The molecule has 1 fully saturated rings. The molecule has 20 heavy (non-hydrogen) atoms. The Bertz CT molecular complexity index is 450. The van der Waals surface area contributed by atoms with Gasteiger partial charge in [-0.3, -0.25) is 4.79 Å². The summed E-state index contributed by atoms with van der Waals surface area (Å²) in [6.45, 7) is 2.83. The van der Waals surface area contributed by atoms with E-state index in [1.807, 2.05) is 24.3 Å². The monoisotopic (exact) mass is 278 g/mol. The number of nitrogens with one attached hydrogen (secondary N) is 1. The second-order valence-electron chi connectivity index (χ2n) is 5.14. The molecular formula is C15H22N2O3. The molecule has 0 radical (unpaired) electrons. The summed E-state index contributed by atoms with van der Waals surface area (Å²) in [5.74, 6) is 1.02. The van der Waals surface area contributed by atoms with Crippen molar-refractivity contribution in [3.05, 3.63) is 24.3 Å². The predicted octanol–water partition coefficient (Wildman–Crippen LogP) is 1.34. The minimum atomic E-state index is -0.0121. The molecule has 1 unspecified atom stereocenters. The van der Waals surface area contributed by atoms with E-state index in [4.69, 9.17) is 9.84 Å². The van der Waals surface area contributed by atoms with Crippen LogP contribution in [0, 0.1) is 5.92 Å². The van der Waals surface area contributed by atoms with E-state index in [0.717, 1.165) is 26.1 Å². The van der Waals surface area contributed by atoms with E-state index in [0.29, 0.717) is 23.8 Å². The Kier molecular flexibility index (Phi) is 5.38. The van der Waals surface area contributed by atoms with Crippen molar-refractivity contribution < 1.29 is 14.6 Å². The zero-order valence-corrected chi connectivity index (χ0v) is 11.8. The van der Waals surface area contributed by atoms with Gasteiger partial charge in [0.15, 0.2) is 0 Å². The molecule has 0 saturated carbocycles. The molecule has 2 N–H and O–H groups in total. The predicted molar refractivity (Wildman–Crippen MR) is 77.9 cm³/mol. The Morgan fingerprint density at radius 1 is 1.50 bits per heavy atom. The van der Waals surface area contributed by atoms with Crippen LogP contribution >= 0.6 is 0 Å². The van der Waals surface area contributed by atoms with E-state index in [-0.39, 0.29) is 12.5 Å². The van der Waals surface area contributed by atoms with Crippen molar-refractivity contribution >= 4 is 11.6 Å². The second-order valence-corrected chi connectivity index (χ2v) is 5.14. The molecule has 5 nitrogen and oxygen atoms in total. The van der Waals surface area contributed by atoms with Crippen molar-refractivity contribution in [3.63, 3.8) is 0 Å². The van der Waals surface area contributed by atoms with Crippen LogP contribution in [0.5, 0.6) is 5.75 Å². The first-order valence-corrected chi connectivity index (χ1v) is 6.99. The lowest BCUT2D eigenvalue weighted by atomic mass is 10.1. The molecule has 2 rings (SSSR count). The van der Waals surface area contributed by atoms with Gasteiger partial charge in [-0.1, -0.05) is 12.1 Å². The van der Waals surface area contributed by atoms with E-state index in [1.165, 1.54) is 0 Å². The Balaban J connectivity index is 1.78. The SMILES string of the molecule is COc1ccccc1NC(=O)CCN1CCC(CO)C1. The van der Waals surface area contributed by atoms with Crippen molar-refractivity contribution in [2.75, 3.05) is 38.7 Å². The number of amides is 1. The number of ether oxygens (including phenoxy) is 1. The Morgan fingerprint density at radius 2 is 2.30 bits per heavy atom. The molecule has 110 valence electrons. The lowest BCUT2D eigenvalue weighted by Gasteiger charge is -2.15. The van der Waals surface area contributed by atoms with E-state index in [9.17, 15) is 4.79 Å². The number of carbonyl (C=O) groups excluding carboxylic acids is 1. The lowest BCUT2D eigenvalue weighted by Crippen LogP contribution is -2.26. The summed E-state index contributed by atoms with van der Waals surface area (Å²) in [6, 6.07) is 7.38. The number of rotatable bonds is 6. The van der Waals surface area contributed by atoms with Gasteiger partial charge in [0.25, 0.3) is 0 Å². The molecule has 0 aromatic heterocycles. The van der Waals surface area contributed by atoms with E-state index in [2.05, 4.69) is 10.2 Å². The number of para-hydroxylation sites is 2. The molecule has 1 aromatic rings. The van der Waals surface area contributed by atoms with Crippen LogP contribution in [0.1, 0.15) is 12.8 Å². The molecule has 0 bridgehead atoms. The largest absolute Gasteiger partial charge is 0.495 e. The topological polar surface area (TPSA) is 61.8 Å². The number of methoxy groups -OCH3 is 1. The number of anilines is 1. The fourth-order valence-corrected chi connectivity index (χ4v) is 2.49. The Morgan fingerprint density at radius 3 is 3.00 bits per heavy atom. The van der Waals surface area contributed by atoms with Gasteiger partial charge in [0.05, 0.1) is 12.8 Å². The van der Waals surface area contributed by atoms with Gasteiger partial charge in [-0.05, 0) is 31.0 Å². The maximum atomic E-state index is 11.9. The van der Waals surface area contributed by atoms with Crippen molar-refractivity contribution in [1.29, 1.82) is 0 Å². The third-order valence-electron chi connectivity index (χ3n) is 3.66. The van der Waals surface area contributed by atoms with E-state index < -0.39 is 0 Å². The van der Waals surface area contributed by atoms with Gasteiger partial charge in [0, 0.05) is 26.1 Å². The molecule has 5 heteroatoms. The number of carbonyl (C=O) groups is 1. The van der Waals surface area contributed by atoms with E-state index in [1.54, 1.807) is 7.11 Å². The summed E-state index contributed by atoms with van der Waals surface area (Å²) in [6.07, 6.45) is 1.47. The van der Waals surface area contributed by atoms with Crippen LogP contribution in [0.15, 0.2) is 24.3 Å². The van der Waals surface area contributed by atoms with Crippen LogP contribution in [0.3, 0.4) is 0 Å². The number of hydrogen-bond acceptors (Lipinski definition) is 4. The van der Waals surface area contributed by atoms with Gasteiger partial charge in [-0.2, -0.15) is 0 Å². The normalized spacial score (nSPS) is 19.0. The van der Waals surface area contributed by atoms with Crippen molar-refractivity contribution in [1.82, 2.24) is 4.90 Å². The first-order chi connectivity index (χ1) is 9.72. The maximum Gasteiger partial charge on any atom is 0.225 e. The first kappa shape index (κ1) is 14.8. The van der Waals surface area contributed by atoms with Crippen molar-refractivity contribution in [2.24, 2.45) is 5.92 Å². The van der Waals surface area contributed by atoms with Crippen molar-refractivity contribution in [3.8, 4) is 5.75 Å². The lowest BCUT2D eigenvalue weighted by molar-refractivity contribution is -0.116. The average molecular weight is 278 g/mol. The number of benzene rings is 1. The van der Waals surface area contributed by atoms with Crippen molar-refractivity contribution in [2.45, 2.75) is 12.8 Å². The molecule has 1 atom stereocenters. The van der Waals surface area contributed by atoms with Gasteiger partial charge in [-0.15, -0.1) is 0 Å². The quantitative estimate of drug-likeness (QED) is 0.824. The summed E-state index contributed by atoms with van der Waals surface area (Å²) in [4.78, 5) is 14.2. The fourth-order valence-electron chi connectivity index (χ4n) is 2.49. The average Bonchev–Trinajstić information content (AvgIpc) is 2.94. The maximum absolute atomic E-state index is 11.9. The number of likely N-dealkylation sites (tertiary alicyclic amines) is 1. The molecule has 0 aliphatic carbocycles. The summed E-state index contributed by atoms with van der Waals surface area (Å²) in [5.41, 5.74) is 0.703. The van der Waals surface area contributed by atoms with Crippen LogP contribution in [-0.2, 0) is 4.79 Å². The minimum Gasteiger partial charge on any atom is -0.495 e. The van der Waals surface area contributed by atoms with Gasteiger partial charge >= 0.3 is 0 Å². The van der Waals surface area contributed by atoms with Crippen LogP contribution < -0.4 is 10.1 Å². The highest BCUT2D eigenvalue weighted by molar-refractivity contribution is 5.92. The highest BCUT2D eigenvalue weighted by atomic mass is 16.5. The molecule has 1 saturated heterocycles. The standard InChI is InChI=1S/C15H22N2O3/c1-20-14-5-3-2-4-13(14)16-15(19)7-9-17-8-6-12(10-17)11-18/h2-5,12,18H,6-11H2,1H3,(H,16,19). The van der Waals surface area contributed by atoms with Crippen LogP contribution in [0.2, 0.25) is 0 Å². The molecule has 1 aromatic carbocycles. The summed E-state index contributed by atoms with van der Waals surface area (Å²) >= 11 is 0. The number of nitrogens with zero attached hydrogens (tertiary/aromatic N) is 1. The zero-order chi connectivity index (χ0) is 14.4. The Labute approximate surface area is 119 Å². The second kappa shape index (κ2) is 7.26. The van der Waals surface area contributed by atoms with E-state index >= 15 is 0 Å². The molecule has 1 amide bonds. The molecule has 1 aliphatic heterocycles. The highest BCUT2D eigenvalue weighted by Crippen LogP contribution is 2.23. The summed E-state index contributed by atoms with van der Waals surface area (Å²) in [5, 5.41) is 12.0. The molecule has 0 spiro atoms. The van der Waals surface area contributed by atoms with Crippen LogP contribution in [0.4, 0.5) is 5.69 Å². The van der Waals surface area contributed by atoms with Crippen LogP contribution in [-0.4, -0.2) is 49.3 Å². The molecular weight excluding hydrogens is 256 g/mol. The summed E-state index contributed by atoms with van der Waals surface area (Å²) in [7, 11) is 1.59. The minimum absolute atomic E-state index is 0.0121. The van der Waals surface area contributed by atoms with Gasteiger partial charge in [0.2, 0.25) is 5.91 Å². The summed E-state index contributed by atoms with van der Waals surface area (Å²) < 4.78 is 5.20. The number of aliphatic hydroxyl groups excluding tert-OH is 1. The Hall–Kier alpha value is -1.59. The fraction of sp³-hybridized carbons (Fsp3) is 0.533. The highest BCUT2D eigenvalue weighted by Gasteiger charge is 2.21. The molecule has 1 heterocycles. The first-order valence-electron chi connectivity index (χ1n) is 6.99. The number of hydrogen-bond donors (Lipinski definition) is 2.